The lowest BCUT2D eigenvalue weighted by atomic mass is 9.84. The van der Waals surface area contributed by atoms with Crippen LogP contribution in [0.15, 0.2) is 12.5 Å². The third-order valence-corrected chi connectivity index (χ3v) is 5.17. The summed E-state index contributed by atoms with van der Waals surface area (Å²) in [5.74, 6) is -1.43. The number of fused-ring (bicyclic) bond motifs is 1. The zero-order chi connectivity index (χ0) is 19.1. The van der Waals surface area contributed by atoms with Crippen LogP contribution in [0.2, 0.25) is 5.28 Å². The third-order valence-electron chi connectivity index (χ3n) is 4.99. The molecule has 26 heavy (non-hydrogen) atoms. The van der Waals surface area contributed by atoms with E-state index in [9.17, 15) is 14.4 Å². The number of hydrogen-bond acceptors (Lipinski definition) is 6. The van der Waals surface area contributed by atoms with Crippen LogP contribution in [0.5, 0.6) is 0 Å². The molecule has 3 heterocycles. The molecule has 8 nitrogen and oxygen atoms in total. The van der Waals surface area contributed by atoms with Gasteiger partial charge in [0.1, 0.15) is 17.9 Å². The molecule has 1 atom stereocenters. The highest BCUT2D eigenvalue weighted by molar-refractivity contribution is 6.38. The van der Waals surface area contributed by atoms with E-state index < -0.39 is 23.1 Å². The van der Waals surface area contributed by atoms with Gasteiger partial charge in [-0.05, 0) is 30.9 Å². The molecule has 0 aliphatic carbocycles. The van der Waals surface area contributed by atoms with Crippen molar-refractivity contribution in [3.8, 4) is 0 Å². The van der Waals surface area contributed by atoms with Crippen LogP contribution in [-0.4, -0.2) is 54.6 Å². The highest BCUT2D eigenvalue weighted by Crippen LogP contribution is 2.26. The monoisotopic (exact) mass is 377 g/mol. The Morgan fingerprint density at radius 1 is 1.31 bits per heavy atom. The number of carbonyl (C=O) groups is 3. The van der Waals surface area contributed by atoms with Gasteiger partial charge in [-0.2, -0.15) is 4.98 Å². The molecule has 0 N–H and O–H groups in total. The largest absolute Gasteiger partial charge is 0.324 e. The average Bonchev–Trinajstić information content (AvgIpc) is 3.26. The fourth-order valence-corrected chi connectivity index (χ4v) is 3.09. The number of Topliss-reactive ketones (excluding diaryl/α,β-unsaturated/α-hetero) is 1. The van der Waals surface area contributed by atoms with Gasteiger partial charge in [0.2, 0.25) is 11.1 Å². The zero-order valence-corrected chi connectivity index (χ0v) is 15.7. The van der Waals surface area contributed by atoms with Crippen LogP contribution in [0.25, 0.3) is 11.2 Å². The van der Waals surface area contributed by atoms with Crippen molar-refractivity contribution in [3.05, 3.63) is 17.8 Å². The maximum atomic E-state index is 13.0. The van der Waals surface area contributed by atoms with Crippen molar-refractivity contribution < 1.29 is 14.4 Å². The van der Waals surface area contributed by atoms with E-state index in [-0.39, 0.29) is 16.8 Å². The number of ketones is 1. The van der Waals surface area contributed by atoms with Crippen molar-refractivity contribution >= 4 is 40.4 Å². The van der Waals surface area contributed by atoms with E-state index in [4.69, 9.17) is 11.6 Å². The van der Waals surface area contributed by atoms with Gasteiger partial charge in [-0.1, -0.05) is 20.8 Å². The first-order valence-corrected chi connectivity index (χ1v) is 8.89. The Bertz CT molecular complexity index is 892. The van der Waals surface area contributed by atoms with Gasteiger partial charge in [0.25, 0.3) is 11.8 Å². The molecule has 1 aliphatic heterocycles. The van der Waals surface area contributed by atoms with E-state index in [1.807, 2.05) is 6.92 Å². The Morgan fingerprint density at radius 2 is 2.04 bits per heavy atom. The lowest BCUT2D eigenvalue weighted by molar-refractivity contribution is -0.149. The van der Waals surface area contributed by atoms with Gasteiger partial charge in [0, 0.05) is 12.0 Å². The minimum Gasteiger partial charge on any atom is -0.324 e. The number of likely N-dealkylation sites (tertiary alicyclic amines) is 1. The molecule has 1 fully saturated rings. The van der Waals surface area contributed by atoms with Crippen molar-refractivity contribution in [2.75, 3.05) is 6.54 Å². The molecule has 3 rings (SSSR count). The number of amides is 1. The standard InChI is InChI=1S/C17H20ClN5O3/c1-4-17(2,3)12(24)15(26)22-7-5-6-11(22)14(25)23-9-20-10-8-19-16(18)21-13(10)23/h8-9,11H,4-7H2,1-3H3. The second-order valence-corrected chi connectivity index (χ2v) is 7.36. The van der Waals surface area contributed by atoms with Crippen molar-refractivity contribution in [2.24, 2.45) is 5.41 Å². The van der Waals surface area contributed by atoms with Crippen molar-refractivity contribution in [2.45, 2.75) is 46.1 Å². The van der Waals surface area contributed by atoms with E-state index in [2.05, 4.69) is 15.0 Å². The fraction of sp³-hybridized carbons (Fsp3) is 0.529. The van der Waals surface area contributed by atoms with E-state index in [1.165, 1.54) is 22.0 Å². The Kier molecular flexibility index (Phi) is 4.79. The molecule has 1 amide bonds. The summed E-state index contributed by atoms with van der Waals surface area (Å²) in [6.45, 7) is 5.72. The molecular formula is C17H20ClN5O3. The molecule has 0 spiro atoms. The molecule has 1 unspecified atom stereocenters. The molecule has 0 radical (unpaired) electrons. The van der Waals surface area contributed by atoms with Crippen LogP contribution < -0.4 is 0 Å². The summed E-state index contributed by atoms with van der Waals surface area (Å²) in [5.41, 5.74) is -0.0354. The van der Waals surface area contributed by atoms with Gasteiger partial charge in [-0.25, -0.2) is 9.97 Å². The van der Waals surface area contributed by atoms with Gasteiger partial charge >= 0.3 is 0 Å². The summed E-state index contributed by atoms with van der Waals surface area (Å²) in [7, 11) is 0. The lowest BCUT2D eigenvalue weighted by Crippen LogP contribution is -2.48. The molecule has 1 aliphatic rings. The van der Waals surface area contributed by atoms with Crippen LogP contribution in [0, 0.1) is 5.41 Å². The maximum Gasteiger partial charge on any atom is 0.291 e. The number of rotatable bonds is 4. The third kappa shape index (κ3) is 3.09. The van der Waals surface area contributed by atoms with Crippen molar-refractivity contribution in [1.82, 2.24) is 24.4 Å². The number of aromatic nitrogens is 4. The summed E-state index contributed by atoms with van der Waals surface area (Å²) < 4.78 is 1.27. The van der Waals surface area contributed by atoms with Crippen LogP contribution in [0.1, 0.15) is 44.8 Å². The smallest absolute Gasteiger partial charge is 0.291 e. The van der Waals surface area contributed by atoms with Gasteiger partial charge in [-0.15, -0.1) is 0 Å². The second kappa shape index (κ2) is 6.75. The average molecular weight is 378 g/mol. The molecule has 2 aromatic heterocycles. The first kappa shape index (κ1) is 18.4. The summed E-state index contributed by atoms with van der Waals surface area (Å²) in [6.07, 6.45) is 4.47. The topological polar surface area (TPSA) is 98.1 Å². The highest BCUT2D eigenvalue weighted by Gasteiger charge is 2.41. The van der Waals surface area contributed by atoms with Crippen LogP contribution >= 0.6 is 11.6 Å². The quantitative estimate of drug-likeness (QED) is 0.597. The molecule has 1 saturated heterocycles. The molecular weight excluding hydrogens is 358 g/mol. The lowest BCUT2D eigenvalue weighted by Gasteiger charge is -2.27. The Balaban J connectivity index is 1.90. The Morgan fingerprint density at radius 3 is 2.73 bits per heavy atom. The minimum atomic E-state index is -0.754. The van der Waals surface area contributed by atoms with Crippen LogP contribution in [0.4, 0.5) is 0 Å². The van der Waals surface area contributed by atoms with Gasteiger partial charge in [-0.3, -0.25) is 19.0 Å². The van der Waals surface area contributed by atoms with E-state index in [1.54, 1.807) is 13.8 Å². The summed E-state index contributed by atoms with van der Waals surface area (Å²) in [6, 6.07) is -0.717. The molecule has 138 valence electrons. The van der Waals surface area contributed by atoms with E-state index in [0.717, 1.165) is 0 Å². The minimum absolute atomic E-state index is 0.00581. The molecule has 0 saturated carbocycles. The molecule has 0 bridgehead atoms. The molecule has 2 aromatic rings. The van der Waals surface area contributed by atoms with Crippen LogP contribution in [0.3, 0.4) is 0 Å². The number of halogens is 1. The second-order valence-electron chi connectivity index (χ2n) is 7.02. The van der Waals surface area contributed by atoms with Crippen molar-refractivity contribution in [3.63, 3.8) is 0 Å². The normalized spacial score (nSPS) is 17.7. The number of carbonyl (C=O) groups excluding carboxylic acids is 3. The number of hydrogen-bond donors (Lipinski definition) is 0. The van der Waals surface area contributed by atoms with Gasteiger partial charge in [0.15, 0.2) is 5.65 Å². The Hall–Kier alpha value is -2.35. The zero-order valence-electron chi connectivity index (χ0n) is 14.9. The fourth-order valence-electron chi connectivity index (χ4n) is 2.96. The first-order valence-electron chi connectivity index (χ1n) is 8.51. The SMILES string of the molecule is CCC(C)(C)C(=O)C(=O)N1CCCC1C(=O)n1cnc2cnc(Cl)nc21. The van der Waals surface area contributed by atoms with E-state index in [0.29, 0.717) is 31.3 Å². The summed E-state index contributed by atoms with van der Waals surface area (Å²) in [4.78, 5) is 51.6. The summed E-state index contributed by atoms with van der Waals surface area (Å²) >= 11 is 5.81. The van der Waals surface area contributed by atoms with Crippen LogP contribution in [-0.2, 0) is 9.59 Å². The molecule has 0 aromatic carbocycles. The highest BCUT2D eigenvalue weighted by atomic mass is 35.5. The number of nitrogens with zero attached hydrogens (tertiary/aromatic N) is 5. The summed E-state index contributed by atoms with van der Waals surface area (Å²) in [5, 5.41) is 0.00581. The predicted octanol–water partition coefficient (Wildman–Crippen LogP) is 2.12. The van der Waals surface area contributed by atoms with Crippen molar-refractivity contribution in [1.29, 1.82) is 0 Å². The molecule has 9 heteroatoms. The first-order chi connectivity index (χ1) is 12.3. The van der Waals surface area contributed by atoms with Gasteiger partial charge in [0.05, 0.1) is 6.20 Å². The number of imidazole rings is 1. The Labute approximate surface area is 155 Å². The van der Waals surface area contributed by atoms with E-state index >= 15 is 0 Å². The van der Waals surface area contributed by atoms with Gasteiger partial charge < -0.3 is 4.90 Å². The maximum absolute atomic E-state index is 13.0. The predicted molar refractivity (Wildman–Crippen MR) is 94.8 cm³/mol.